The topological polar surface area (TPSA) is 15.8 Å². The quantitative estimate of drug-likeness (QED) is 0.344. The van der Waals surface area contributed by atoms with Gasteiger partial charge in [-0.25, -0.2) is 0 Å². The molecule has 0 aliphatic rings. The number of aryl methyl sites for hydroxylation is 1. The fourth-order valence-corrected chi connectivity index (χ4v) is 3.95. The monoisotopic (exact) mass is 335 g/mol. The summed E-state index contributed by atoms with van der Waals surface area (Å²) in [7, 11) is 0. The van der Waals surface area contributed by atoms with Gasteiger partial charge in [0.25, 0.3) is 0 Å². The summed E-state index contributed by atoms with van der Waals surface area (Å²) in [5.74, 6) is 0. The number of aromatic nitrogens is 1. The largest absolute Gasteiger partial charge is 0.354 e. The third-order valence-corrected chi connectivity index (χ3v) is 5.43. The summed E-state index contributed by atoms with van der Waals surface area (Å²) in [6, 6.07) is 15.4. The Labute approximate surface area is 152 Å². The van der Waals surface area contributed by atoms with Crippen LogP contribution in [0.15, 0.2) is 42.5 Å². The zero-order chi connectivity index (χ0) is 17.3. The molecule has 0 fully saturated rings. The summed E-state index contributed by atoms with van der Waals surface area (Å²) < 4.78 is 0. The molecule has 0 aliphatic heterocycles. The second-order valence-corrected chi connectivity index (χ2v) is 7.44. The minimum Gasteiger partial charge on any atom is -0.354 e. The van der Waals surface area contributed by atoms with Crippen molar-refractivity contribution in [2.45, 2.75) is 77.6 Å². The molecule has 0 saturated heterocycles. The number of nitrogens with one attached hydrogen (secondary N) is 1. The number of hydrogen-bond acceptors (Lipinski definition) is 0. The van der Waals surface area contributed by atoms with Gasteiger partial charge in [0.05, 0.1) is 0 Å². The highest BCUT2D eigenvalue weighted by molar-refractivity contribution is 6.08. The van der Waals surface area contributed by atoms with Gasteiger partial charge in [-0.3, -0.25) is 0 Å². The summed E-state index contributed by atoms with van der Waals surface area (Å²) in [6.45, 7) is 2.29. The number of rotatable bonds is 11. The van der Waals surface area contributed by atoms with Gasteiger partial charge in [0.2, 0.25) is 0 Å². The van der Waals surface area contributed by atoms with Gasteiger partial charge in [0, 0.05) is 21.8 Å². The van der Waals surface area contributed by atoms with Crippen molar-refractivity contribution in [1.29, 1.82) is 0 Å². The van der Waals surface area contributed by atoms with Crippen LogP contribution in [0.5, 0.6) is 0 Å². The summed E-state index contributed by atoms with van der Waals surface area (Å²) in [5.41, 5.74) is 4.08. The maximum Gasteiger partial charge on any atom is 0.0497 e. The van der Waals surface area contributed by atoms with E-state index in [1.807, 2.05) is 0 Å². The van der Waals surface area contributed by atoms with Crippen LogP contribution in [-0.4, -0.2) is 4.98 Å². The van der Waals surface area contributed by atoms with Gasteiger partial charge in [-0.15, -0.1) is 0 Å². The second-order valence-electron chi connectivity index (χ2n) is 7.44. The minimum atomic E-state index is 1.20. The first-order valence-corrected chi connectivity index (χ1v) is 10.4. The Hall–Kier alpha value is -1.76. The van der Waals surface area contributed by atoms with Crippen LogP contribution in [0.3, 0.4) is 0 Å². The van der Waals surface area contributed by atoms with Crippen LogP contribution in [0.1, 0.15) is 76.7 Å². The number of para-hydroxylation sites is 2. The van der Waals surface area contributed by atoms with Crippen molar-refractivity contribution in [3.63, 3.8) is 0 Å². The van der Waals surface area contributed by atoms with Crippen molar-refractivity contribution in [2.75, 3.05) is 0 Å². The van der Waals surface area contributed by atoms with Crippen LogP contribution in [0.25, 0.3) is 21.8 Å². The third-order valence-electron chi connectivity index (χ3n) is 5.43. The highest BCUT2D eigenvalue weighted by atomic mass is 14.7. The van der Waals surface area contributed by atoms with Crippen molar-refractivity contribution in [3.05, 3.63) is 48.0 Å². The molecule has 1 N–H and O–H groups in total. The molecule has 1 aromatic heterocycles. The number of aromatic amines is 1. The highest BCUT2D eigenvalue weighted by Gasteiger charge is 2.07. The van der Waals surface area contributed by atoms with Gasteiger partial charge in [0.15, 0.2) is 0 Å². The SMILES string of the molecule is CCCCCCCCCCCCc1cccc2c1[nH]c1ccccc12. The first-order chi connectivity index (χ1) is 12.4. The molecule has 0 amide bonds. The fourth-order valence-electron chi connectivity index (χ4n) is 3.95. The molecule has 0 radical (unpaired) electrons. The lowest BCUT2D eigenvalue weighted by Gasteiger charge is -2.04. The van der Waals surface area contributed by atoms with E-state index in [9.17, 15) is 0 Å². The normalized spacial score (nSPS) is 11.6. The molecule has 25 heavy (non-hydrogen) atoms. The first kappa shape index (κ1) is 18.0. The van der Waals surface area contributed by atoms with Gasteiger partial charge < -0.3 is 4.98 Å². The number of fused-ring (bicyclic) bond motifs is 3. The molecule has 0 spiro atoms. The number of benzene rings is 2. The Morgan fingerprint density at radius 1 is 0.640 bits per heavy atom. The molecular weight excluding hydrogens is 302 g/mol. The van der Waals surface area contributed by atoms with Crippen molar-refractivity contribution in [3.8, 4) is 0 Å². The Morgan fingerprint density at radius 2 is 1.28 bits per heavy atom. The molecule has 2 aromatic carbocycles. The molecule has 0 atom stereocenters. The molecule has 0 aliphatic carbocycles. The molecule has 0 saturated carbocycles. The summed E-state index contributed by atoms with van der Waals surface area (Å²) in [4.78, 5) is 3.63. The fraction of sp³-hybridized carbons (Fsp3) is 0.500. The van der Waals surface area contributed by atoms with Crippen LogP contribution < -0.4 is 0 Å². The average molecular weight is 336 g/mol. The van der Waals surface area contributed by atoms with E-state index in [0.717, 1.165) is 0 Å². The van der Waals surface area contributed by atoms with Crippen molar-refractivity contribution < 1.29 is 0 Å². The molecule has 1 heteroatoms. The Morgan fingerprint density at radius 3 is 2.04 bits per heavy atom. The van der Waals surface area contributed by atoms with E-state index in [1.165, 1.54) is 98.0 Å². The standard InChI is InChI=1S/C24H33N/c1-2-3-4-5-6-7-8-9-10-11-15-20-16-14-18-22-21-17-12-13-19-23(21)25-24(20)22/h12-14,16-19,25H,2-11,15H2,1H3. The summed E-state index contributed by atoms with van der Waals surface area (Å²) in [6.07, 6.45) is 15.2. The van der Waals surface area contributed by atoms with E-state index >= 15 is 0 Å². The number of hydrogen-bond donors (Lipinski definition) is 1. The van der Waals surface area contributed by atoms with Crippen LogP contribution >= 0.6 is 0 Å². The Bertz CT molecular complexity index is 768. The van der Waals surface area contributed by atoms with Crippen LogP contribution in [0.2, 0.25) is 0 Å². The van der Waals surface area contributed by atoms with E-state index in [4.69, 9.17) is 0 Å². The number of unbranched alkanes of at least 4 members (excludes halogenated alkanes) is 9. The van der Waals surface area contributed by atoms with Crippen molar-refractivity contribution in [2.24, 2.45) is 0 Å². The van der Waals surface area contributed by atoms with E-state index in [1.54, 1.807) is 0 Å². The molecule has 134 valence electrons. The lowest BCUT2D eigenvalue weighted by atomic mass is 10.0. The summed E-state index contributed by atoms with van der Waals surface area (Å²) >= 11 is 0. The lowest BCUT2D eigenvalue weighted by molar-refractivity contribution is 0.556. The zero-order valence-electron chi connectivity index (χ0n) is 15.8. The van der Waals surface area contributed by atoms with E-state index in [2.05, 4.69) is 54.4 Å². The van der Waals surface area contributed by atoms with E-state index in [-0.39, 0.29) is 0 Å². The van der Waals surface area contributed by atoms with Gasteiger partial charge in [-0.2, -0.15) is 0 Å². The second kappa shape index (κ2) is 9.65. The molecule has 1 nitrogen and oxygen atoms in total. The third kappa shape index (κ3) is 4.87. The molecule has 1 heterocycles. The van der Waals surface area contributed by atoms with Crippen molar-refractivity contribution in [1.82, 2.24) is 4.98 Å². The Kier molecular flexibility index (Phi) is 6.97. The van der Waals surface area contributed by atoms with Crippen LogP contribution in [-0.2, 0) is 6.42 Å². The molecule has 3 aromatic rings. The molecule has 0 bridgehead atoms. The van der Waals surface area contributed by atoms with Gasteiger partial charge in [-0.1, -0.05) is 101 Å². The van der Waals surface area contributed by atoms with Gasteiger partial charge in [0.1, 0.15) is 0 Å². The molecule has 3 rings (SSSR count). The average Bonchev–Trinajstić information content (AvgIpc) is 3.03. The van der Waals surface area contributed by atoms with Crippen LogP contribution in [0, 0.1) is 0 Å². The molecular formula is C24H33N. The molecule has 0 unspecified atom stereocenters. The van der Waals surface area contributed by atoms with Gasteiger partial charge >= 0.3 is 0 Å². The predicted octanol–water partition coefficient (Wildman–Crippen LogP) is 7.78. The van der Waals surface area contributed by atoms with E-state index in [0.29, 0.717) is 0 Å². The highest BCUT2D eigenvalue weighted by Crippen LogP contribution is 2.28. The van der Waals surface area contributed by atoms with Crippen LogP contribution in [0.4, 0.5) is 0 Å². The van der Waals surface area contributed by atoms with Crippen molar-refractivity contribution >= 4 is 21.8 Å². The zero-order valence-corrected chi connectivity index (χ0v) is 15.8. The maximum atomic E-state index is 3.63. The smallest absolute Gasteiger partial charge is 0.0497 e. The summed E-state index contributed by atoms with van der Waals surface area (Å²) in [5, 5.41) is 2.72. The lowest BCUT2D eigenvalue weighted by Crippen LogP contribution is -1.88. The minimum absolute atomic E-state index is 1.20. The maximum absolute atomic E-state index is 3.63. The number of H-pyrrole nitrogens is 1. The first-order valence-electron chi connectivity index (χ1n) is 10.4. The van der Waals surface area contributed by atoms with E-state index < -0.39 is 0 Å². The predicted molar refractivity (Wildman–Crippen MR) is 111 cm³/mol. The van der Waals surface area contributed by atoms with Gasteiger partial charge in [-0.05, 0) is 24.5 Å². The Balaban J connectivity index is 1.43.